The highest BCUT2D eigenvalue weighted by atomic mass is 32.2. The van der Waals surface area contributed by atoms with Crippen LogP contribution in [0.1, 0.15) is 32.8 Å². The second kappa shape index (κ2) is 6.99. The molecule has 0 bridgehead atoms. The standard InChI is InChI=1S/C16H24N2S/c1-12-11-19-16(18-14(12)3)17-13(2)9-10-15-7-5-4-6-8-15/h4-8,12-14H,9-11H2,1-3H3,(H,17,18). The fraction of sp³-hybridized carbons (Fsp3) is 0.562. The number of hydrogen-bond acceptors (Lipinski definition) is 3. The Morgan fingerprint density at radius 2 is 2.05 bits per heavy atom. The van der Waals surface area contributed by atoms with E-state index in [9.17, 15) is 0 Å². The van der Waals surface area contributed by atoms with Crippen LogP contribution in [0.5, 0.6) is 0 Å². The lowest BCUT2D eigenvalue weighted by atomic mass is 10.1. The van der Waals surface area contributed by atoms with Crippen molar-refractivity contribution in [3.8, 4) is 0 Å². The molecule has 0 fully saturated rings. The van der Waals surface area contributed by atoms with Crippen LogP contribution in [0.3, 0.4) is 0 Å². The van der Waals surface area contributed by atoms with Gasteiger partial charge in [-0.25, -0.2) is 0 Å². The maximum absolute atomic E-state index is 4.73. The molecule has 0 aliphatic carbocycles. The SMILES string of the molecule is CC(CCc1ccccc1)NC1=NC(C)C(C)CS1. The van der Waals surface area contributed by atoms with Crippen LogP contribution >= 0.6 is 11.8 Å². The van der Waals surface area contributed by atoms with E-state index in [1.54, 1.807) is 0 Å². The lowest BCUT2D eigenvalue weighted by molar-refractivity contribution is 0.528. The molecule has 1 aliphatic heterocycles. The molecule has 0 saturated carbocycles. The number of nitrogens with zero attached hydrogens (tertiary/aromatic N) is 1. The average molecular weight is 276 g/mol. The molecule has 0 amide bonds. The van der Waals surface area contributed by atoms with Crippen LogP contribution in [0.2, 0.25) is 0 Å². The number of thioether (sulfide) groups is 1. The summed E-state index contributed by atoms with van der Waals surface area (Å²) in [5.74, 6) is 1.87. The molecule has 2 nitrogen and oxygen atoms in total. The molecule has 19 heavy (non-hydrogen) atoms. The van der Waals surface area contributed by atoms with Gasteiger partial charge in [-0.05, 0) is 38.2 Å². The maximum Gasteiger partial charge on any atom is 0.157 e. The van der Waals surface area contributed by atoms with Crippen LogP contribution in [0, 0.1) is 5.92 Å². The lowest BCUT2D eigenvalue weighted by Crippen LogP contribution is -2.35. The summed E-state index contributed by atoms with van der Waals surface area (Å²) in [6.07, 6.45) is 2.27. The van der Waals surface area contributed by atoms with E-state index in [1.165, 1.54) is 11.3 Å². The first-order chi connectivity index (χ1) is 9.15. The molecular weight excluding hydrogens is 252 g/mol. The van der Waals surface area contributed by atoms with Gasteiger partial charge in [-0.3, -0.25) is 4.99 Å². The van der Waals surface area contributed by atoms with E-state index in [-0.39, 0.29) is 0 Å². The quantitative estimate of drug-likeness (QED) is 0.906. The van der Waals surface area contributed by atoms with E-state index >= 15 is 0 Å². The molecule has 3 unspecified atom stereocenters. The zero-order valence-corrected chi connectivity index (χ0v) is 12.9. The molecule has 1 N–H and O–H groups in total. The fourth-order valence-electron chi connectivity index (χ4n) is 2.09. The van der Waals surface area contributed by atoms with Crippen molar-refractivity contribution in [2.24, 2.45) is 10.9 Å². The summed E-state index contributed by atoms with van der Waals surface area (Å²) >= 11 is 1.86. The van der Waals surface area contributed by atoms with Gasteiger partial charge in [0.15, 0.2) is 5.17 Å². The number of amidine groups is 1. The lowest BCUT2D eigenvalue weighted by Gasteiger charge is -2.25. The van der Waals surface area contributed by atoms with Gasteiger partial charge in [0, 0.05) is 11.8 Å². The van der Waals surface area contributed by atoms with Crippen molar-refractivity contribution in [1.29, 1.82) is 0 Å². The maximum atomic E-state index is 4.73. The van der Waals surface area contributed by atoms with Gasteiger partial charge in [0.2, 0.25) is 0 Å². The smallest absolute Gasteiger partial charge is 0.157 e. The van der Waals surface area contributed by atoms with Crippen LogP contribution in [-0.4, -0.2) is 23.0 Å². The molecule has 0 radical (unpaired) electrons. The Hall–Kier alpha value is -0.960. The van der Waals surface area contributed by atoms with Crippen molar-refractivity contribution in [1.82, 2.24) is 5.32 Å². The Bertz CT molecular complexity index is 416. The summed E-state index contributed by atoms with van der Waals surface area (Å²) in [5, 5.41) is 4.68. The third-order valence-corrected chi connectivity index (χ3v) is 4.90. The number of aryl methyl sites for hydroxylation is 1. The Kier molecular flexibility index (Phi) is 5.32. The number of nitrogens with one attached hydrogen (secondary N) is 1. The van der Waals surface area contributed by atoms with Gasteiger partial charge in [0.25, 0.3) is 0 Å². The molecule has 0 spiro atoms. The third kappa shape index (κ3) is 4.57. The summed E-state index contributed by atoms with van der Waals surface area (Å²) < 4.78 is 0. The monoisotopic (exact) mass is 276 g/mol. The number of hydrogen-bond donors (Lipinski definition) is 1. The molecule has 3 atom stereocenters. The molecule has 104 valence electrons. The predicted molar refractivity (Wildman–Crippen MR) is 85.9 cm³/mol. The van der Waals surface area contributed by atoms with Gasteiger partial charge in [0.05, 0.1) is 6.04 Å². The van der Waals surface area contributed by atoms with Crippen molar-refractivity contribution < 1.29 is 0 Å². The first kappa shape index (κ1) is 14.4. The second-order valence-corrected chi connectivity index (χ2v) is 6.54. The third-order valence-electron chi connectivity index (χ3n) is 3.71. The van der Waals surface area contributed by atoms with Crippen molar-refractivity contribution in [3.05, 3.63) is 35.9 Å². The van der Waals surface area contributed by atoms with E-state index in [0.29, 0.717) is 18.0 Å². The molecule has 0 saturated heterocycles. The Morgan fingerprint density at radius 3 is 2.74 bits per heavy atom. The summed E-state index contributed by atoms with van der Waals surface area (Å²) in [5.41, 5.74) is 1.41. The van der Waals surface area contributed by atoms with Crippen LogP contribution in [0.15, 0.2) is 35.3 Å². The summed E-state index contributed by atoms with van der Waals surface area (Å²) in [4.78, 5) is 4.73. The van der Waals surface area contributed by atoms with E-state index in [4.69, 9.17) is 4.99 Å². The van der Waals surface area contributed by atoms with Crippen LogP contribution < -0.4 is 5.32 Å². The summed E-state index contributed by atoms with van der Waals surface area (Å²) in [7, 11) is 0. The first-order valence-corrected chi connectivity index (χ1v) is 8.14. The Balaban J connectivity index is 1.78. The average Bonchev–Trinajstić information content (AvgIpc) is 2.42. The first-order valence-electron chi connectivity index (χ1n) is 7.16. The van der Waals surface area contributed by atoms with E-state index in [1.807, 2.05) is 11.8 Å². The van der Waals surface area contributed by atoms with Crippen molar-refractivity contribution in [3.63, 3.8) is 0 Å². The van der Waals surface area contributed by atoms with Gasteiger partial charge in [0.1, 0.15) is 0 Å². The molecule has 3 heteroatoms. The number of aliphatic imine (C=N–C) groups is 1. The molecule has 0 aromatic heterocycles. The molecule has 1 aliphatic rings. The van der Waals surface area contributed by atoms with Crippen molar-refractivity contribution >= 4 is 16.9 Å². The van der Waals surface area contributed by atoms with E-state index in [2.05, 4.69) is 56.4 Å². The highest BCUT2D eigenvalue weighted by molar-refractivity contribution is 8.13. The fourth-order valence-corrected chi connectivity index (χ4v) is 3.31. The molecule has 1 aromatic rings. The van der Waals surface area contributed by atoms with Crippen molar-refractivity contribution in [2.45, 2.75) is 45.7 Å². The number of rotatable bonds is 4. The van der Waals surface area contributed by atoms with Gasteiger partial charge in [-0.15, -0.1) is 0 Å². The topological polar surface area (TPSA) is 24.4 Å². The van der Waals surface area contributed by atoms with Crippen LogP contribution in [0.25, 0.3) is 0 Å². The van der Waals surface area contributed by atoms with Crippen LogP contribution in [0.4, 0.5) is 0 Å². The highest BCUT2D eigenvalue weighted by Gasteiger charge is 2.19. The zero-order valence-electron chi connectivity index (χ0n) is 12.1. The Morgan fingerprint density at radius 1 is 1.32 bits per heavy atom. The van der Waals surface area contributed by atoms with Gasteiger partial charge in [-0.2, -0.15) is 0 Å². The van der Waals surface area contributed by atoms with Crippen LogP contribution in [-0.2, 0) is 6.42 Å². The minimum atomic E-state index is 0.449. The van der Waals surface area contributed by atoms with Crippen molar-refractivity contribution in [2.75, 3.05) is 5.75 Å². The van der Waals surface area contributed by atoms with E-state index < -0.39 is 0 Å². The summed E-state index contributed by atoms with van der Waals surface area (Å²) in [6, 6.07) is 11.6. The minimum absolute atomic E-state index is 0.449. The Labute approximate surface area is 121 Å². The number of benzene rings is 1. The van der Waals surface area contributed by atoms with Gasteiger partial charge >= 0.3 is 0 Å². The summed E-state index contributed by atoms with van der Waals surface area (Å²) in [6.45, 7) is 6.73. The molecule has 1 heterocycles. The minimum Gasteiger partial charge on any atom is -0.362 e. The largest absolute Gasteiger partial charge is 0.362 e. The van der Waals surface area contributed by atoms with Gasteiger partial charge < -0.3 is 5.32 Å². The predicted octanol–water partition coefficient (Wildman–Crippen LogP) is 3.72. The van der Waals surface area contributed by atoms with Gasteiger partial charge in [-0.1, -0.05) is 49.0 Å². The highest BCUT2D eigenvalue weighted by Crippen LogP contribution is 2.22. The zero-order chi connectivity index (χ0) is 13.7. The molecule has 2 rings (SSSR count). The molecule has 1 aromatic carbocycles. The van der Waals surface area contributed by atoms with E-state index in [0.717, 1.165) is 18.0 Å². The second-order valence-electron chi connectivity index (χ2n) is 5.53. The normalized spacial score (nSPS) is 24.7. The molecular formula is C16H24N2S.